The van der Waals surface area contributed by atoms with Crippen LogP contribution in [-0.4, -0.2) is 17.5 Å². The Labute approximate surface area is 142 Å². The molecule has 0 saturated carbocycles. The Kier molecular flexibility index (Phi) is 3.86. The van der Waals surface area contributed by atoms with E-state index >= 15 is 0 Å². The van der Waals surface area contributed by atoms with E-state index in [9.17, 15) is 31.4 Å². The van der Waals surface area contributed by atoms with Crippen LogP contribution in [0.25, 0.3) is 21.5 Å². The molecule has 0 aliphatic heterocycles. The third kappa shape index (κ3) is 2.83. The number of hydrogen-bond acceptors (Lipinski definition) is 3. The Morgan fingerprint density at radius 2 is 1.35 bits per heavy atom. The van der Waals surface area contributed by atoms with Crippen LogP contribution in [0.15, 0.2) is 36.4 Å². The highest BCUT2D eigenvalue weighted by Gasteiger charge is 2.59. The van der Waals surface area contributed by atoms with Gasteiger partial charge in [-0.05, 0) is 34.4 Å². The first-order chi connectivity index (χ1) is 11.9. The summed E-state index contributed by atoms with van der Waals surface area (Å²) >= 11 is 0. The molecule has 0 aliphatic carbocycles. The number of phenolic OH excluding ortho intramolecular Hbond substituents is 1. The number of rotatable bonds is 1. The van der Waals surface area contributed by atoms with E-state index in [2.05, 4.69) is 0 Å². The largest absolute Gasteiger partial charge is 0.508 e. The lowest BCUT2D eigenvalue weighted by Gasteiger charge is -2.26. The monoisotopic (exact) mass is 374 g/mol. The van der Waals surface area contributed by atoms with E-state index < -0.39 is 35.3 Å². The molecule has 0 saturated heterocycles. The standard InChI is InChI=1S/C17H12F6N2O/c18-16(19,20)15(17(21,22)23)13-12(26)6-11-9(14(13)25)4-2-7-1-3-8(24)5-10(7)11/h1-6,15,26H,24-25H2. The van der Waals surface area contributed by atoms with Crippen molar-refractivity contribution in [1.82, 2.24) is 0 Å². The molecule has 3 rings (SSSR count). The number of fused-ring (bicyclic) bond motifs is 3. The summed E-state index contributed by atoms with van der Waals surface area (Å²) in [5, 5.41) is 11.3. The number of aromatic hydroxyl groups is 1. The maximum atomic E-state index is 13.1. The van der Waals surface area contributed by atoms with Crippen molar-refractivity contribution in [3.8, 4) is 5.75 Å². The normalized spacial score (nSPS) is 13.0. The van der Waals surface area contributed by atoms with E-state index in [0.29, 0.717) is 16.5 Å². The van der Waals surface area contributed by atoms with Gasteiger partial charge in [-0.25, -0.2) is 0 Å². The number of nitrogens with two attached hydrogens (primary N) is 2. The number of benzene rings is 3. The van der Waals surface area contributed by atoms with Gasteiger partial charge in [-0.3, -0.25) is 0 Å². The molecule has 3 aromatic rings. The van der Waals surface area contributed by atoms with Crippen LogP contribution in [0.1, 0.15) is 11.5 Å². The molecule has 3 aromatic carbocycles. The quantitative estimate of drug-likeness (QED) is 0.316. The van der Waals surface area contributed by atoms with Crippen molar-refractivity contribution < 1.29 is 31.4 Å². The number of alkyl halides is 6. The molecule has 0 aliphatic rings. The molecule has 26 heavy (non-hydrogen) atoms. The van der Waals surface area contributed by atoms with Crippen LogP contribution in [0.3, 0.4) is 0 Å². The first-order valence-corrected chi connectivity index (χ1v) is 7.28. The number of hydrogen-bond donors (Lipinski definition) is 3. The van der Waals surface area contributed by atoms with Gasteiger partial charge in [0.15, 0.2) is 5.92 Å². The third-order valence-electron chi connectivity index (χ3n) is 4.17. The van der Waals surface area contributed by atoms with Crippen LogP contribution >= 0.6 is 0 Å². The molecule has 138 valence electrons. The number of nitrogen functional groups attached to an aromatic ring is 2. The summed E-state index contributed by atoms with van der Waals surface area (Å²) in [4.78, 5) is 0. The fourth-order valence-corrected chi connectivity index (χ4v) is 3.06. The average molecular weight is 374 g/mol. The second-order valence-corrected chi connectivity index (χ2v) is 5.88. The minimum atomic E-state index is -5.67. The van der Waals surface area contributed by atoms with E-state index in [4.69, 9.17) is 11.5 Å². The summed E-state index contributed by atoms with van der Waals surface area (Å²) in [6.07, 6.45) is -11.3. The Morgan fingerprint density at radius 1 is 0.769 bits per heavy atom. The molecule has 0 heterocycles. The van der Waals surface area contributed by atoms with Crippen molar-refractivity contribution in [2.45, 2.75) is 18.3 Å². The van der Waals surface area contributed by atoms with Crippen molar-refractivity contribution in [3.63, 3.8) is 0 Å². The molecule has 0 bridgehead atoms. The zero-order chi connectivity index (χ0) is 19.4. The average Bonchev–Trinajstić information content (AvgIpc) is 2.48. The van der Waals surface area contributed by atoms with Gasteiger partial charge in [0, 0.05) is 22.3 Å². The maximum Gasteiger partial charge on any atom is 0.404 e. The van der Waals surface area contributed by atoms with Gasteiger partial charge in [0.05, 0.1) is 0 Å². The van der Waals surface area contributed by atoms with Gasteiger partial charge in [0.2, 0.25) is 0 Å². The summed E-state index contributed by atoms with van der Waals surface area (Å²) in [7, 11) is 0. The summed E-state index contributed by atoms with van der Waals surface area (Å²) < 4.78 is 78.4. The molecule has 0 fully saturated rings. The fourth-order valence-electron chi connectivity index (χ4n) is 3.06. The van der Waals surface area contributed by atoms with Crippen LogP contribution in [0, 0.1) is 0 Å². The molecule has 3 nitrogen and oxygen atoms in total. The first kappa shape index (κ1) is 18.0. The van der Waals surface area contributed by atoms with Crippen molar-refractivity contribution in [3.05, 3.63) is 42.0 Å². The molecular weight excluding hydrogens is 362 g/mol. The van der Waals surface area contributed by atoms with Crippen LogP contribution in [0.2, 0.25) is 0 Å². The Bertz CT molecular complexity index is 996. The van der Waals surface area contributed by atoms with Crippen LogP contribution in [0.5, 0.6) is 5.75 Å². The zero-order valence-electron chi connectivity index (χ0n) is 12.9. The van der Waals surface area contributed by atoms with Gasteiger partial charge in [-0.15, -0.1) is 0 Å². The Morgan fingerprint density at radius 3 is 1.92 bits per heavy atom. The lowest BCUT2D eigenvalue weighted by Crippen LogP contribution is -2.34. The van der Waals surface area contributed by atoms with Gasteiger partial charge >= 0.3 is 12.4 Å². The highest BCUT2D eigenvalue weighted by Crippen LogP contribution is 2.52. The summed E-state index contributed by atoms with van der Waals surface area (Å²) in [6, 6.07) is 8.41. The molecule has 5 N–H and O–H groups in total. The van der Waals surface area contributed by atoms with E-state index in [-0.39, 0.29) is 10.8 Å². The van der Waals surface area contributed by atoms with E-state index in [1.165, 1.54) is 18.2 Å². The number of anilines is 2. The molecule has 0 radical (unpaired) electrons. The maximum absolute atomic E-state index is 13.1. The first-order valence-electron chi connectivity index (χ1n) is 7.28. The van der Waals surface area contributed by atoms with Crippen molar-refractivity contribution in [1.29, 1.82) is 0 Å². The zero-order valence-corrected chi connectivity index (χ0v) is 12.9. The minimum Gasteiger partial charge on any atom is -0.508 e. The number of halogens is 6. The second kappa shape index (κ2) is 5.58. The lowest BCUT2D eigenvalue weighted by molar-refractivity contribution is -0.253. The van der Waals surface area contributed by atoms with Crippen LogP contribution in [-0.2, 0) is 0 Å². The van der Waals surface area contributed by atoms with Gasteiger partial charge < -0.3 is 16.6 Å². The molecule has 9 heteroatoms. The molecule has 0 amide bonds. The Hall–Kier alpha value is -2.84. The minimum absolute atomic E-state index is 0.0330. The van der Waals surface area contributed by atoms with E-state index in [0.717, 1.165) is 6.07 Å². The van der Waals surface area contributed by atoms with Crippen molar-refractivity contribution >= 4 is 32.9 Å². The topological polar surface area (TPSA) is 72.3 Å². The summed E-state index contributed by atoms with van der Waals surface area (Å²) in [6.45, 7) is 0. The lowest BCUT2D eigenvalue weighted by atomic mass is 9.90. The summed E-state index contributed by atoms with van der Waals surface area (Å²) in [5.41, 5.74) is 9.51. The SMILES string of the molecule is Nc1ccc2ccc3c(N)c(C(C(F)(F)F)C(F)(F)F)c(O)cc3c2c1. The van der Waals surface area contributed by atoms with Gasteiger partial charge in [0.25, 0.3) is 0 Å². The smallest absolute Gasteiger partial charge is 0.404 e. The van der Waals surface area contributed by atoms with Crippen molar-refractivity contribution in [2.24, 2.45) is 0 Å². The fraction of sp³-hybridized carbons (Fsp3) is 0.176. The predicted molar refractivity (Wildman–Crippen MR) is 86.8 cm³/mol. The predicted octanol–water partition coefficient (Wildman–Crippen LogP) is 5.07. The van der Waals surface area contributed by atoms with Gasteiger partial charge in [-0.2, -0.15) is 26.3 Å². The van der Waals surface area contributed by atoms with Gasteiger partial charge in [-0.1, -0.05) is 18.2 Å². The van der Waals surface area contributed by atoms with E-state index in [1.807, 2.05) is 0 Å². The second-order valence-electron chi connectivity index (χ2n) is 5.88. The highest BCUT2D eigenvalue weighted by molar-refractivity contribution is 6.13. The van der Waals surface area contributed by atoms with Gasteiger partial charge in [0.1, 0.15) is 5.75 Å². The third-order valence-corrected chi connectivity index (χ3v) is 4.17. The van der Waals surface area contributed by atoms with Crippen LogP contribution in [0.4, 0.5) is 37.7 Å². The molecule has 0 unspecified atom stereocenters. The summed E-state index contributed by atoms with van der Waals surface area (Å²) in [5.74, 6) is -5.07. The molecule has 0 spiro atoms. The molecule has 0 aromatic heterocycles. The molecular formula is C17H12F6N2O. The van der Waals surface area contributed by atoms with Crippen molar-refractivity contribution in [2.75, 3.05) is 11.5 Å². The molecule has 0 atom stereocenters. The number of phenols is 1. The highest BCUT2D eigenvalue weighted by atomic mass is 19.4. The van der Waals surface area contributed by atoms with E-state index in [1.54, 1.807) is 12.1 Å². The van der Waals surface area contributed by atoms with Crippen LogP contribution < -0.4 is 11.5 Å². The Balaban J connectivity index is 2.41.